The third kappa shape index (κ3) is 4.25. The molecular formula is C22H26N2O3. The molecule has 1 amide bonds. The highest BCUT2D eigenvalue weighted by atomic mass is 16.7. The van der Waals surface area contributed by atoms with E-state index in [-0.39, 0.29) is 12.7 Å². The number of fused-ring (bicyclic) bond motifs is 1. The molecule has 2 heterocycles. The van der Waals surface area contributed by atoms with Gasteiger partial charge in [-0.3, -0.25) is 9.69 Å². The Labute approximate surface area is 160 Å². The number of ether oxygens (including phenoxy) is 2. The van der Waals surface area contributed by atoms with E-state index in [9.17, 15) is 4.79 Å². The molecule has 1 atom stereocenters. The lowest BCUT2D eigenvalue weighted by atomic mass is 10.0. The lowest BCUT2D eigenvalue weighted by Crippen LogP contribution is -2.48. The summed E-state index contributed by atoms with van der Waals surface area (Å²) in [6, 6.07) is 16.7. The van der Waals surface area contributed by atoms with Crippen LogP contribution in [0.1, 0.15) is 24.0 Å². The molecule has 27 heavy (non-hydrogen) atoms. The number of likely N-dealkylation sites (tertiary alicyclic amines) is 1. The summed E-state index contributed by atoms with van der Waals surface area (Å²) >= 11 is 0. The maximum atomic E-state index is 12.8. The number of carbonyl (C=O) groups is 1. The first kappa shape index (κ1) is 17.9. The predicted octanol–water partition coefficient (Wildman–Crippen LogP) is 3.08. The van der Waals surface area contributed by atoms with Crippen LogP contribution in [0.3, 0.4) is 0 Å². The van der Waals surface area contributed by atoms with E-state index in [0.717, 1.165) is 49.5 Å². The second-order valence-electron chi connectivity index (χ2n) is 7.40. The maximum Gasteiger partial charge on any atom is 0.231 e. The van der Waals surface area contributed by atoms with Crippen LogP contribution in [0.15, 0.2) is 48.5 Å². The second kappa shape index (κ2) is 8.01. The third-order valence-corrected chi connectivity index (χ3v) is 5.44. The summed E-state index contributed by atoms with van der Waals surface area (Å²) in [5, 5.41) is 0. The zero-order valence-electron chi connectivity index (χ0n) is 15.8. The number of amides is 1. The Morgan fingerprint density at radius 3 is 2.78 bits per heavy atom. The summed E-state index contributed by atoms with van der Waals surface area (Å²) in [5.41, 5.74) is 2.29. The summed E-state index contributed by atoms with van der Waals surface area (Å²) in [5.74, 6) is 1.68. The Kier molecular flexibility index (Phi) is 5.30. The largest absolute Gasteiger partial charge is 0.454 e. The number of carbonyl (C=O) groups excluding carboxylic acids is 1. The molecule has 1 saturated heterocycles. The average molecular weight is 366 g/mol. The standard InChI is InChI=1S/C22H26N2O3/c1-23(14-17-6-3-2-4-7-17)19-8-5-11-24(15-19)22(25)13-18-9-10-20-21(12-18)27-16-26-20/h2-4,6-7,9-10,12,19H,5,8,11,13-16H2,1H3/t19-/m0/s1. The van der Waals surface area contributed by atoms with Crippen LogP contribution >= 0.6 is 0 Å². The average Bonchev–Trinajstić information content (AvgIpc) is 3.16. The number of rotatable bonds is 5. The number of hydrogen-bond acceptors (Lipinski definition) is 4. The van der Waals surface area contributed by atoms with E-state index in [0.29, 0.717) is 12.5 Å². The van der Waals surface area contributed by atoms with Crippen LogP contribution in [0.5, 0.6) is 11.5 Å². The van der Waals surface area contributed by atoms with Crippen LogP contribution in [-0.2, 0) is 17.8 Å². The number of benzene rings is 2. The van der Waals surface area contributed by atoms with E-state index in [1.54, 1.807) is 0 Å². The van der Waals surface area contributed by atoms with Gasteiger partial charge in [0.25, 0.3) is 0 Å². The van der Waals surface area contributed by atoms with Crippen LogP contribution in [0.2, 0.25) is 0 Å². The topological polar surface area (TPSA) is 42.0 Å². The third-order valence-electron chi connectivity index (χ3n) is 5.44. The fourth-order valence-electron chi connectivity index (χ4n) is 3.88. The first-order chi connectivity index (χ1) is 13.2. The smallest absolute Gasteiger partial charge is 0.231 e. The molecule has 5 heteroatoms. The van der Waals surface area contributed by atoms with Crippen molar-refractivity contribution in [2.24, 2.45) is 0 Å². The van der Waals surface area contributed by atoms with Gasteiger partial charge in [-0.25, -0.2) is 0 Å². The monoisotopic (exact) mass is 366 g/mol. The van der Waals surface area contributed by atoms with Crippen LogP contribution < -0.4 is 9.47 Å². The Balaban J connectivity index is 1.35. The summed E-state index contributed by atoms with van der Waals surface area (Å²) in [7, 11) is 2.16. The van der Waals surface area contributed by atoms with Crippen molar-refractivity contribution in [2.45, 2.75) is 31.8 Å². The van der Waals surface area contributed by atoms with Gasteiger partial charge < -0.3 is 14.4 Å². The van der Waals surface area contributed by atoms with Gasteiger partial charge in [0.15, 0.2) is 11.5 Å². The molecule has 0 N–H and O–H groups in total. The van der Waals surface area contributed by atoms with E-state index < -0.39 is 0 Å². The van der Waals surface area contributed by atoms with Crippen molar-refractivity contribution in [1.29, 1.82) is 0 Å². The molecule has 1 fully saturated rings. The highest BCUT2D eigenvalue weighted by Gasteiger charge is 2.26. The summed E-state index contributed by atoms with van der Waals surface area (Å²) in [6.07, 6.45) is 2.60. The molecule has 0 aliphatic carbocycles. The van der Waals surface area contributed by atoms with E-state index in [4.69, 9.17) is 9.47 Å². The molecule has 0 radical (unpaired) electrons. The lowest BCUT2D eigenvalue weighted by molar-refractivity contribution is -0.132. The molecule has 2 aromatic carbocycles. The van der Waals surface area contributed by atoms with Gasteiger partial charge in [0.05, 0.1) is 6.42 Å². The van der Waals surface area contributed by atoms with E-state index in [2.05, 4.69) is 36.2 Å². The molecule has 4 rings (SSSR count). The highest BCUT2D eigenvalue weighted by molar-refractivity contribution is 5.79. The second-order valence-corrected chi connectivity index (χ2v) is 7.40. The van der Waals surface area contributed by atoms with Gasteiger partial charge in [-0.2, -0.15) is 0 Å². The highest BCUT2D eigenvalue weighted by Crippen LogP contribution is 2.32. The first-order valence-corrected chi connectivity index (χ1v) is 9.59. The zero-order valence-corrected chi connectivity index (χ0v) is 15.8. The van der Waals surface area contributed by atoms with Crippen molar-refractivity contribution in [2.75, 3.05) is 26.9 Å². The minimum atomic E-state index is 0.187. The first-order valence-electron chi connectivity index (χ1n) is 9.59. The molecule has 142 valence electrons. The number of hydrogen-bond donors (Lipinski definition) is 0. The van der Waals surface area contributed by atoms with Gasteiger partial charge in [0.1, 0.15) is 0 Å². The molecule has 0 spiro atoms. The lowest BCUT2D eigenvalue weighted by Gasteiger charge is -2.37. The van der Waals surface area contributed by atoms with Crippen LogP contribution in [0, 0.1) is 0 Å². The Morgan fingerprint density at radius 2 is 1.93 bits per heavy atom. The normalized spacial score (nSPS) is 18.7. The van der Waals surface area contributed by atoms with Crippen molar-refractivity contribution in [3.8, 4) is 11.5 Å². The molecule has 0 bridgehead atoms. The number of piperidine rings is 1. The zero-order chi connectivity index (χ0) is 18.6. The van der Waals surface area contributed by atoms with Crippen molar-refractivity contribution in [3.63, 3.8) is 0 Å². The Bertz CT molecular complexity index is 793. The predicted molar refractivity (Wildman–Crippen MR) is 104 cm³/mol. The van der Waals surface area contributed by atoms with Crippen molar-refractivity contribution in [1.82, 2.24) is 9.80 Å². The molecular weight excluding hydrogens is 340 g/mol. The molecule has 2 aliphatic heterocycles. The van der Waals surface area contributed by atoms with Gasteiger partial charge in [-0.15, -0.1) is 0 Å². The van der Waals surface area contributed by atoms with Gasteiger partial charge in [0.2, 0.25) is 12.7 Å². The SMILES string of the molecule is CN(Cc1ccccc1)[C@H]1CCCN(C(=O)Cc2ccc3c(c2)OCO3)C1. The quantitative estimate of drug-likeness (QED) is 0.816. The van der Waals surface area contributed by atoms with Crippen LogP contribution in [0.4, 0.5) is 0 Å². The number of nitrogens with zero attached hydrogens (tertiary/aromatic N) is 2. The molecule has 0 aromatic heterocycles. The fourth-order valence-corrected chi connectivity index (χ4v) is 3.88. The van der Waals surface area contributed by atoms with Crippen molar-refractivity contribution >= 4 is 5.91 Å². The van der Waals surface area contributed by atoms with Crippen molar-refractivity contribution < 1.29 is 14.3 Å². The molecule has 0 unspecified atom stereocenters. The molecule has 0 saturated carbocycles. The van der Waals surface area contributed by atoms with E-state index in [1.807, 2.05) is 29.2 Å². The van der Waals surface area contributed by atoms with Gasteiger partial charge in [0, 0.05) is 25.7 Å². The summed E-state index contributed by atoms with van der Waals surface area (Å²) in [6.45, 7) is 2.82. The Hall–Kier alpha value is -2.53. The number of likely N-dealkylation sites (N-methyl/N-ethyl adjacent to an activating group) is 1. The molecule has 2 aliphatic rings. The minimum Gasteiger partial charge on any atom is -0.454 e. The van der Waals surface area contributed by atoms with E-state index in [1.165, 1.54) is 5.56 Å². The molecule has 2 aromatic rings. The fraction of sp³-hybridized carbons (Fsp3) is 0.409. The maximum absolute atomic E-state index is 12.8. The van der Waals surface area contributed by atoms with Crippen LogP contribution in [-0.4, -0.2) is 48.7 Å². The van der Waals surface area contributed by atoms with Gasteiger partial charge in [-0.1, -0.05) is 36.4 Å². The van der Waals surface area contributed by atoms with Crippen LogP contribution in [0.25, 0.3) is 0 Å². The van der Waals surface area contributed by atoms with Gasteiger partial charge in [-0.05, 0) is 43.1 Å². The van der Waals surface area contributed by atoms with E-state index >= 15 is 0 Å². The van der Waals surface area contributed by atoms with Crippen molar-refractivity contribution in [3.05, 3.63) is 59.7 Å². The van der Waals surface area contributed by atoms with Gasteiger partial charge >= 0.3 is 0 Å². The Morgan fingerprint density at radius 1 is 1.11 bits per heavy atom. The molecule has 5 nitrogen and oxygen atoms in total. The summed E-state index contributed by atoms with van der Waals surface area (Å²) < 4.78 is 10.8. The minimum absolute atomic E-state index is 0.187. The summed E-state index contributed by atoms with van der Waals surface area (Å²) in [4.78, 5) is 17.2.